The predicted molar refractivity (Wildman–Crippen MR) is 227 cm³/mol. The Bertz CT molecular complexity index is 2410. The molecule has 0 amide bonds. The van der Waals surface area contributed by atoms with Crippen molar-refractivity contribution in [3.63, 3.8) is 0 Å². The average Bonchev–Trinajstić information content (AvgIpc) is 3.88. The van der Waals surface area contributed by atoms with Crippen molar-refractivity contribution in [1.29, 1.82) is 5.26 Å². The van der Waals surface area contributed by atoms with Crippen LogP contribution < -0.4 is 9.47 Å². The number of esters is 1. The van der Waals surface area contributed by atoms with Crippen molar-refractivity contribution >= 4 is 23.5 Å². The Kier molecular flexibility index (Phi) is 11.3. The zero-order chi connectivity index (χ0) is 43.4. The fourth-order valence-corrected chi connectivity index (χ4v) is 11.6. The zero-order valence-electron chi connectivity index (χ0n) is 35.5. The Labute approximate surface area is 364 Å². The van der Waals surface area contributed by atoms with E-state index in [4.69, 9.17) is 37.9 Å². The number of piperazine rings is 1. The Balaban J connectivity index is 1.09. The van der Waals surface area contributed by atoms with Crippen LogP contribution in [-0.2, 0) is 44.4 Å². The molecule has 0 spiro atoms. The van der Waals surface area contributed by atoms with Gasteiger partial charge in [-0.25, -0.2) is 4.79 Å². The standard InChI is InChI=1S/C47H49N3O11S/c1-25-15-27-16-33-35(18-48)50-34(40(49(33)3)38(27)43(41(25)56-6)59-23-55-5)17-47(53)39(44-42(60-24-61-44)26(2)45(47)51)36(50)19-57-46(52)37(58-22-54-4)21-62-20-32-30-13-9-7-11-28(30)29-12-8-10-14-31(29)32/h7-15,21,32-36,40,53H,16-17,19-20,22-24H2,1-6H3/b37-21-/t33-,34?,35-,36-,40-,47+/m0/s1. The van der Waals surface area contributed by atoms with Gasteiger partial charge in [-0.3, -0.25) is 14.6 Å². The Hall–Kier alpha value is -5.34. The average molecular weight is 864 g/mol. The minimum Gasteiger partial charge on any atom is -0.493 e. The topological polar surface area (TPSA) is 158 Å². The molecule has 3 fully saturated rings. The van der Waals surface area contributed by atoms with Gasteiger partial charge in [0.25, 0.3) is 0 Å². The number of ketones is 1. The molecule has 2 aliphatic carbocycles. The summed E-state index contributed by atoms with van der Waals surface area (Å²) in [6.45, 7) is 2.75. The lowest BCUT2D eigenvalue weighted by atomic mass is 9.65. The van der Waals surface area contributed by atoms with E-state index in [1.807, 2.05) is 43.1 Å². The Morgan fingerprint density at radius 2 is 1.68 bits per heavy atom. The van der Waals surface area contributed by atoms with Gasteiger partial charge in [-0.05, 0) is 60.7 Å². The number of hydrogen-bond acceptors (Lipinski definition) is 15. The number of thioether (sulfide) groups is 1. The molecule has 324 valence electrons. The van der Waals surface area contributed by atoms with Crippen LogP contribution in [0.3, 0.4) is 0 Å². The van der Waals surface area contributed by atoms with Crippen molar-refractivity contribution in [2.45, 2.75) is 68.4 Å². The predicted octanol–water partition coefficient (Wildman–Crippen LogP) is 5.63. The van der Waals surface area contributed by atoms with E-state index >= 15 is 0 Å². The van der Waals surface area contributed by atoms with Gasteiger partial charge in [0, 0.05) is 66.5 Å². The second-order valence-electron chi connectivity index (χ2n) is 16.4. The maximum atomic E-state index is 14.5. The number of carbonyl (C=O) groups excluding carboxylic acids is 2. The first-order chi connectivity index (χ1) is 30.1. The van der Waals surface area contributed by atoms with Crippen molar-refractivity contribution in [2.24, 2.45) is 0 Å². The van der Waals surface area contributed by atoms with Crippen molar-refractivity contribution in [3.05, 3.63) is 116 Å². The molecule has 0 saturated carbocycles. The molecular weight excluding hydrogens is 815 g/mol. The van der Waals surface area contributed by atoms with Crippen LogP contribution in [-0.4, -0.2) is 118 Å². The van der Waals surface area contributed by atoms with Gasteiger partial charge in [0.1, 0.15) is 12.6 Å². The third kappa shape index (κ3) is 6.58. The number of benzene rings is 3. The van der Waals surface area contributed by atoms with Gasteiger partial charge in [0.2, 0.25) is 12.6 Å². The van der Waals surface area contributed by atoms with Crippen LogP contribution in [0.2, 0.25) is 0 Å². The van der Waals surface area contributed by atoms with Crippen LogP contribution in [0.1, 0.15) is 53.1 Å². The van der Waals surface area contributed by atoms with Gasteiger partial charge < -0.3 is 43.0 Å². The normalized spacial score (nSPS) is 26.3. The first-order valence-corrected chi connectivity index (χ1v) is 21.6. The van der Waals surface area contributed by atoms with Gasteiger partial charge >= 0.3 is 5.97 Å². The van der Waals surface area contributed by atoms with E-state index < -0.39 is 41.5 Å². The van der Waals surface area contributed by atoms with E-state index in [0.29, 0.717) is 23.7 Å². The number of carbonyl (C=O) groups is 2. The molecule has 9 rings (SSSR count). The molecule has 6 atom stereocenters. The van der Waals surface area contributed by atoms with Gasteiger partial charge in [-0.15, -0.1) is 11.8 Å². The number of methoxy groups -OCH3 is 3. The van der Waals surface area contributed by atoms with Crippen molar-refractivity contribution in [3.8, 4) is 28.7 Å². The largest absolute Gasteiger partial charge is 0.493 e. The lowest BCUT2D eigenvalue weighted by molar-refractivity contribution is -0.159. The van der Waals surface area contributed by atoms with Crippen molar-refractivity contribution < 1.29 is 52.6 Å². The zero-order valence-corrected chi connectivity index (χ0v) is 36.3. The first kappa shape index (κ1) is 42.0. The molecule has 3 saturated heterocycles. The second-order valence-corrected chi connectivity index (χ2v) is 17.3. The number of nitriles is 1. The van der Waals surface area contributed by atoms with Gasteiger partial charge in [0.05, 0.1) is 25.3 Å². The van der Waals surface area contributed by atoms with Crippen LogP contribution in [0, 0.1) is 18.3 Å². The fourth-order valence-electron chi connectivity index (χ4n) is 10.7. The number of Topliss-reactive ketones (excluding diaryl/α,β-unsaturated/α-hetero) is 1. The van der Waals surface area contributed by atoms with E-state index in [2.05, 4.69) is 41.3 Å². The number of hydrogen-bond donors (Lipinski definition) is 1. The summed E-state index contributed by atoms with van der Waals surface area (Å²) >= 11 is 1.42. The number of piperidine rings is 1. The summed E-state index contributed by atoms with van der Waals surface area (Å²) in [6.07, 6.45) is 0.378. The second kappa shape index (κ2) is 16.7. The lowest BCUT2D eigenvalue weighted by Gasteiger charge is -2.62. The highest BCUT2D eigenvalue weighted by atomic mass is 32.2. The van der Waals surface area contributed by atoms with Crippen molar-refractivity contribution in [1.82, 2.24) is 9.80 Å². The SMILES string of the molecule is COCO/C(=C\SCC1c2ccccc2-c2ccccc21)C(=O)OC[C@H]1C2=C3OCOC3=C(C)C(=O)[C@@]2(O)CC2[C@H]3c4c(cc(C)c(OC)c4OCOC)C[C@@H]([C@H](C#N)N21)N3C. The van der Waals surface area contributed by atoms with Crippen LogP contribution in [0.5, 0.6) is 11.5 Å². The van der Waals surface area contributed by atoms with Crippen molar-refractivity contribution in [2.75, 3.05) is 61.1 Å². The Morgan fingerprint density at radius 3 is 2.35 bits per heavy atom. The van der Waals surface area contributed by atoms with Gasteiger partial charge in [-0.2, -0.15) is 5.26 Å². The molecule has 3 aromatic carbocycles. The molecule has 0 radical (unpaired) electrons. The minimum atomic E-state index is -2.10. The molecule has 1 N–H and O–H groups in total. The van der Waals surface area contributed by atoms with Gasteiger partial charge in [0.15, 0.2) is 48.0 Å². The molecule has 3 aromatic rings. The highest BCUT2D eigenvalue weighted by Gasteiger charge is 2.64. The molecule has 6 aliphatic rings. The Morgan fingerprint density at radius 1 is 0.984 bits per heavy atom. The van der Waals surface area contributed by atoms with Crippen LogP contribution in [0.15, 0.2) is 88.4 Å². The third-order valence-corrected chi connectivity index (χ3v) is 14.1. The van der Waals surface area contributed by atoms with Crippen LogP contribution >= 0.6 is 11.8 Å². The lowest BCUT2D eigenvalue weighted by Crippen LogP contribution is -2.74. The van der Waals surface area contributed by atoms with E-state index in [0.717, 1.165) is 16.7 Å². The van der Waals surface area contributed by atoms with E-state index in [1.165, 1.54) is 48.2 Å². The summed E-state index contributed by atoms with van der Waals surface area (Å²) in [7, 11) is 6.53. The first-order valence-electron chi connectivity index (χ1n) is 20.6. The maximum absolute atomic E-state index is 14.5. The third-order valence-electron chi connectivity index (χ3n) is 13.2. The summed E-state index contributed by atoms with van der Waals surface area (Å²) in [4.78, 5) is 32.9. The highest BCUT2D eigenvalue weighted by molar-refractivity contribution is 8.02. The quantitative estimate of drug-likeness (QED) is 0.0975. The number of aryl methyl sites for hydroxylation is 1. The molecule has 2 bridgehead atoms. The number of aliphatic hydroxyl groups is 1. The monoisotopic (exact) mass is 863 g/mol. The summed E-state index contributed by atoms with van der Waals surface area (Å²) in [5.41, 5.74) is 5.77. The molecule has 14 nitrogen and oxygen atoms in total. The number of nitrogens with zero attached hydrogens (tertiary/aromatic N) is 3. The molecule has 62 heavy (non-hydrogen) atoms. The molecular formula is C47H49N3O11S. The van der Waals surface area contributed by atoms with Crippen LogP contribution in [0.4, 0.5) is 0 Å². The van der Waals surface area contributed by atoms with Gasteiger partial charge in [-0.1, -0.05) is 54.6 Å². The highest BCUT2D eigenvalue weighted by Crippen LogP contribution is 2.57. The number of fused-ring (bicyclic) bond motifs is 11. The molecule has 1 unspecified atom stereocenters. The molecule has 0 aromatic heterocycles. The van der Waals surface area contributed by atoms with E-state index in [9.17, 15) is 20.0 Å². The number of ether oxygens (including phenoxy) is 8. The number of rotatable bonds is 13. The molecule has 4 heterocycles. The fraction of sp³-hybridized carbons (Fsp3) is 0.426. The molecule has 4 aliphatic heterocycles. The molecule has 15 heteroatoms. The summed E-state index contributed by atoms with van der Waals surface area (Å²) in [5, 5.41) is 25.6. The van der Waals surface area contributed by atoms with Crippen LogP contribution in [0.25, 0.3) is 11.1 Å². The van der Waals surface area contributed by atoms with E-state index in [-0.39, 0.29) is 73.8 Å². The maximum Gasteiger partial charge on any atom is 0.374 e. The summed E-state index contributed by atoms with van der Waals surface area (Å²) in [6, 6.07) is 18.0. The summed E-state index contributed by atoms with van der Waals surface area (Å²) < 4.78 is 46.6. The number of likely N-dealkylation sites (N-methyl/N-ethyl adjacent to an activating group) is 1. The smallest absolute Gasteiger partial charge is 0.374 e. The summed E-state index contributed by atoms with van der Waals surface area (Å²) in [5.74, 6) is 0.777. The minimum absolute atomic E-state index is 0.0524. The van der Waals surface area contributed by atoms with E-state index in [1.54, 1.807) is 19.4 Å².